The minimum atomic E-state index is -0.568. The van der Waals surface area contributed by atoms with Gasteiger partial charge in [-0.25, -0.2) is 0 Å². The maximum Gasteiger partial charge on any atom is 0.312 e. The molecule has 1 saturated heterocycles. The van der Waals surface area contributed by atoms with Gasteiger partial charge in [-0.05, 0) is 44.1 Å². The van der Waals surface area contributed by atoms with Crippen LogP contribution in [0.3, 0.4) is 0 Å². The summed E-state index contributed by atoms with van der Waals surface area (Å²) < 4.78 is 4.80. The van der Waals surface area contributed by atoms with Crippen molar-refractivity contribution in [3.05, 3.63) is 0 Å². The summed E-state index contributed by atoms with van der Waals surface area (Å²) >= 11 is 1.97. The molecule has 0 radical (unpaired) electrons. The Bertz CT molecular complexity index is 225. The summed E-state index contributed by atoms with van der Waals surface area (Å²) in [4.78, 5) is 11.6. The standard InChI is InChI=1S/C11H21NO2S/c1-11(2,10(13)14-3)9(12)8-4-6-15-7-5-8/h8-9H,4-7,12H2,1-3H3. The summed E-state index contributed by atoms with van der Waals surface area (Å²) in [6, 6.07) is -0.0918. The predicted molar refractivity (Wildman–Crippen MR) is 63.8 cm³/mol. The average Bonchev–Trinajstić information content (AvgIpc) is 2.28. The number of hydrogen-bond donors (Lipinski definition) is 1. The lowest BCUT2D eigenvalue weighted by Crippen LogP contribution is -2.49. The second-order valence-corrected chi connectivity index (χ2v) is 5.91. The van der Waals surface area contributed by atoms with Gasteiger partial charge in [-0.1, -0.05) is 0 Å². The van der Waals surface area contributed by atoms with Gasteiger partial charge >= 0.3 is 5.97 Å². The van der Waals surface area contributed by atoms with Gasteiger partial charge in [0.05, 0.1) is 12.5 Å². The van der Waals surface area contributed by atoms with Crippen LogP contribution in [0.5, 0.6) is 0 Å². The number of methoxy groups -OCH3 is 1. The summed E-state index contributed by atoms with van der Waals surface area (Å²) in [5, 5.41) is 0. The van der Waals surface area contributed by atoms with Crippen LogP contribution < -0.4 is 5.73 Å². The zero-order valence-corrected chi connectivity index (χ0v) is 10.6. The molecule has 0 spiro atoms. The van der Waals surface area contributed by atoms with Crippen LogP contribution in [0, 0.1) is 11.3 Å². The van der Waals surface area contributed by atoms with Crippen LogP contribution in [0.15, 0.2) is 0 Å². The molecule has 1 unspecified atom stereocenters. The van der Waals surface area contributed by atoms with Gasteiger partial charge in [0.1, 0.15) is 0 Å². The lowest BCUT2D eigenvalue weighted by Gasteiger charge is -2.36. The first kappa shape index (κ1) is 12.8. The highest BCUT2D eigenvalue weighted by Crippen LogP contribution is 2.33. The van der Waals surface area contributed by atoms with E-state index in [1.807, 2.05) is 25.6 Å². The Labute approximate surface area is 96.1 Å². The molecule has 4 heteroatoms. The molecule has 3 nitrogen and oxygen atoms in total. The lowest BCUT2D eigenvalue weighted by atomic mass is 9.76. The molecule has 88 valence electrons. The van der Waals surface area contributed by atoms with Gasteiger partial charge in [0.15, 0.2) is 0 Å². The van der Waals surface area contributed by atoms with Crippen LogP contribution in [-0.2, 0) is 9.53 Å². The zero-order valence-electron chi connectivity index (χ0n) is 9.79. The molecule has 2 N–H and O–H groups in total. The third kappa shape index (κ3) is 2.88. The molecule has 0 bridgehead atoms. The van der Waals surface area contributed by atoms with E-state index in [1.54, 1.807) is 0 Å². The number of nitrogens with two attached hydrogens (primary N) is 1. The Kier molecular flexibility index (Phi) is 4.46. The van der Waals surface area contributed by atoms with E-state index in [4.69, 9.17) is 10.5 Å². The Morgan fingerprint density at radius 2 is 2.00 bits per heavy atom. The van der Waals surface area contributed by atoms with Crippen molar-refractivity contribution in [1.82, 2.24) is 0 Å². The van der Waals surface area contributed by atoms with Crippen LogP contribution in [-0.4, -0.2) is 30.6 Å². The smallest absolute Gasteiger partial charge is 0.312 e. The van der Waals surface area contributed by atoms with Crippen molar-refractivity contribution in [2.45, 2.75) is 32.7 Å². The minimum Gasteiger partial charge on any atom is -0.469 e. The van der Waals surface area contributed by atoms with E-state index in [-0.39, 0.29) is 12.0 Å². The van der Waals surface area contributed by atoms with Crippen molar-refractivity contribution >= 4 is 17.7 Å². The van der Waals surface area contributed by atoms with E-state index in [0.29, 0.717) is 5.92 Å². The van der Waals surface area contributed by atoms with Gasteiger partial charge in [-0.2, -0.15) is 11.8 Å². The summed E-state index contributed by atoms with van der Waals surface area (Å²) in [7, 11) is 1.42. The molecule has 1 aliphatic rings. The number of carbonyl (C=O) groups excluding carboxylic acids is 1. The van der Waals surface area contributed by atoms with Crippen LogP contribution in [0.4, 0.5) is 0 Å². The maximum absolute atomic E-state index is 11.6. The Morgan fingerprint density at radius 1 is 1.47 bits per heavy atom. The Hall–Kier alpha value is -0.220. The van der Waals surface area contributed by atoms with E-state index < -0.39 is 5.41 Å². The molecule has 1 rings (SSSR count). The molecule has 1 atom stereocenters. The fourth-order valence-electron chi connectivity index (χ4n) is 2.06. The molecule has 0 amide bonds. The van der Waals surface area contributed by atoms with Crippen LogP contribution in [0.25, 0.3) is 0 Å². The summed E-state index contributed by atoms with van der Waals surface area (Å²) in [6.07, 6.45) is 2.23. The van der Waals surface area contributed by atoms with E-state index in [1.165, 1.54) is 7.11 Å². The Balaban J connectivity index is 2.64. The van der Waals surface area contributed by atoms with E-state index in [9.17, 15) is 4.79 Å². The molecule has 0 saturated carbocycles. The number of thioether (sulfide) groups is 1. The van der Waals surface area contributed by atoms with Gasteiger partial charge < -0.3 is 10.5 Å². The number of hydrogen-bond acceptors (Lipinski definition) is 4. The number of rotatable bonds is 3. The predicted octanol–water partition coefficient (Wildman–Crippen LogP) is 1.66. The molecule has 1 aliphatic heterocycles. The molecule has 0 aromatic rings. The van der Waals surface area contributed by atoms with Gasteiger partial charge in [0.2, 0.25) is 0 Å². The van der Waals surface area contributed by atoms with Crippen LogP contribution >= 0.6 is 11.8 Å². The maximum atomic E-state index is 11.6. The number of ether oxygens (including phenoxy) is 1. The normalized spacial score (nSPS) is 21.1. The first-order valence-electron chi connectivity index (χ1n) is 5.42. The molecule has 1 heterocycles. The molecule has 0 aliphatic carbocycles. The van der Waals surface area contributed by atoms with Gasteiger partial charge in [-0.3, -0.25) is 4.79 Å². The molecular formula is C11H21NO2S. The molecular weight excluding hydrogens is 210 g/mol. The zero-order chi connectivity index (χ0) is 11.5. The molecule has 0 aromatic heterocycles. The summed E-state index contributed by atoms with van der Waals surface area (Å²) in [5.74, 6) is 2.58. The second kappa shape index (κ2) is 5.21. The lowest BCUT2D eigenvalue weighted by molar-refractivity contribution is -0.152. The van der Waals surface area contributed by atoms with E-state index in [0.717, 1.165) is 24.3 Å². The SMILES string of the molecule is COC(=O)C(C)(C)C(N)C1CCSCC1. The molecule has 1 fully saturated rings. The Morgan fingerprint density at radius 3 is 2.47 bits per heavy atom. The fraction of sp³-hybridized carbons (Fsp3) is 0.909. The highest BCUT2D eigenvalue weighted by molar-refractivity contribution is 7.99. The van der Waals surface area contributed by atoms with Crippen molar-refractivity contribution < 1.29 is 9.53 Å². The van der Waals surface area contributed by atoms with E-state index >= 15 is 0 Å². The third-order valence-corrected chi connectivity index (χ3v) is 4.37. The van der Waals surface area contributed by atoms with Crippen LogP contribution in [0.1, 0.15) is 26.7 Å². The highest BCUT2D eigenvalue weighted by atomic mass is 32.2. The van der Waals surface area contributed by atoms with Crippen molar-refractivity contribution in [2.75, 3.05) is 18.6 Å². The molecule has 15 heavy (non-hydrogen) atoms. The topological polar surface area (TPSA) is 52.3 Å². The van der Waals surface area contributed by atoms with Crippen molar-refractivity contribution in [2.24, 2.45) is 17.1 Å². The second-order valence-electron chi connectivity index (χ2n) is 4.69. The monoisotopic (exact) mass is 231 g/mol. The fourth-order valence-corrected chi connectivity index (χ4v) is 3.21. The highest BCUT2D eigenvalue weighted by Gasteiger charge is 2.40. The first-order chi connectivity index (χ1) is 7.00. The third-order valence-electron chi connectivity index (χ3n) is 3.32. The number of carbonyl (C=O) groups is 1. The van der Waals surface area contributed by atoms with Gasteiger partial charge in [-0.15, -0.1) is 0 Å². The van der Waals surface area contributed by atoms with Crippen molar-refractivity contribution in [1.29, 1.82) is 0 Å². The van der Waals surface area contributed by atoms with E-state index in [2.05, 4.69) is 0 Å². The summed E-state index contributed by atoms with van der Waals surface area (Å²) in [6.45, 7) is 3.76. The first-order valence-corrected chi connectivity index (χ1v) is 6.57. The minimum absolute atomic E-state index is 0.0918. The molecule has 0 aromatic carbocycles. The summed E-state index contributed by atoms with van der Waals surface area (Å²) in [5.41, 5.74) is 5.62. The van der Waals surface area contributed by atoms with Crippen molar-refractivity contribution in [3.63, 3.8) is 0 Å². The average molecular weight is 231 g/mol. The van der Waals surface area contributed by atoms with Gasteiger partial charge in [0.25, 0.3) is 0 Å². The van der Waals surface area contributed by atoms with Gasteiger partial charge in [0, 0.05) is 6.04 Å². The van der Waals surface area contributed by atoms with Crippen molar-refractivity contribution in [3.8, 4) is 0 Å². The largest absolute Gasteiger partial charge is 0.469 e. The quantitative estimate of drug-likeness (QED) is 0.751. The number of esters is 1. The van der Waals surface area contributed by atoms with Crippen LogP contribution in [0.2, 0.25) is 0 Å².